The molecular weight excluding hydrogens is 186 g/mol. The molecule has 1 aliphatic heterocycles. The fraction of sp³-hybridized carbons (Fsp3) is 0.750. The Bertz CT molecular complexity index is 181. The quantitative estimate of drug-likeness (QED) is 0.558. The predicted molar refractivity (Wildman–Crippen MR) is 68.3 cm³/mol. The number of nitrogens with zero attached hydrogens (tertiary/aromatic N) is 2. The number of rotatable bonds is 5. The smallest absolute Gasteiger partial charge is 0.0865 e. The van der Waals surface area contributed by atoms with Gasteiger partial charge in [-0.2, -0.15) is 0 Å². The zero-order valence-electron chi connectivity index (χ0n) is 10.4. The van der Waals surface area contributed by atoms with Crippen molar-refractivity contribution in [2.75, 3.05) is 26.2 Å². The van der Waals surface area contributed by atoms with E-state index in [9.17, 15) is 0 Å². The van der Waals surface area contributed by atoms with Crippen LogP contribution in [-0.2, 0) is 0 Å². The summed E-state index contributed by atoms with van der Waals surface area (Å²) in [5, 5.41) is 2.97. The molecular formula is C12H25N3. The van der Waals surface area contributed by atoms with Crippen LogP contribution in [0.5, 0.6) is 0 Å². The maximum Gasteiger partial charge on any atom is 0.0865 e. The Morgan fingerprint density at radius 3 is 2.53 bits per heavy atom. The lowest BCUT2D eigenvalue weighted by atomic mass is 10.4. The second kappa shape index (κ2) is 9.71. The van der Waals surface area contributed by atoms with E-state index in [4.69, 9.17) is 0 Å². The Morgan fingerprint density at radius 1 is 1.40 bits per heavy atom. The van der Waals surface area contributed by atoms with Crippen molar-refractivity contribution >= 4 is 6.34 Å². The SMILES string of the molecule is C=C(C)NC=NCCN1CCCC1.CC. The lowest BCUT2D eigenvalue weighted by molar-refractivity contribution is 0.349. The summed E-state index contributed by atoms with van der Waals surface area (Å²) >= 11 is 0. The van der Waals surface area contributed by atoms with Crippen molar-refractivity contribution in [3.8, 4) is 0 Å². The van der Waals surface area contributed by atoms with Gasteiger partial charge in [0.15, 0.2) is 0 Å². The fourth-order valence-electron chi connectivity index (χ4n) is 1.43. The molecule has 0 aromatic rings. The van der Waals surface area contributed by atoms with Gasteiger partial charge in [0.1, 0.15) is 0 Å². The van der Waals surface area contributed by atoms with Gasteiger partial charge in [-0.15, -0.1) is 0 Å². The number of aliphatic imine (C=N–C) groups is 1. The van der Waals surface area contributed by atoms with E-state index in [1.807, 2.05) is 20.8 Å². The minimum Gasteiger partial charge on any atom is -0.351 e. The molecule has 0 aliphatic carbocycles. The van der Waals surface area contributed by atoms with Crippen LogP contribution in [0.25, 0.3) is 0 Å². The molecule has 0 saturated carbocycles. The zero-order chi connectivity index (χ0) is 11.5. The van der Waals surface area contributed by atoms with Crippen LogP contribution in [-0.4, -0.2) is 37.4 Å². The van der Waals surface area contributed by atoms with Crippen molar-refractivity contribution in [1.82, 2.24) is 10.2 Å². The molecule has 3 nitrogen and oxygen atoms in total. The Balaban J connectivity index is 0.000000921. The highest BCUT2D eigenvalue weighted by atomic mass is 15.1. The molecule has 0 aromatic heterocycles. The molecule has 1 heterocycles. The summed E-state index contributed by atoms with van der Waals surface area (Å²) in [5.74, 6) is 0. The standard InChI is InChI=1S/C10H19N3.C2H6/c1-10(2)12-9-11-5-8-13-6-3-4-7-13;1-2/h9H,1,3-8H2,2H3,(H,11,12);1-2H3. The van der Waals surface area contributed by atoms with E-state index in [1.165, 1.54) is 25.9 Å². The first-order valence-corrected chi connectivity index (χ1v) is 5.92. The van der Waals surface area contributed by atoms with Gasteiger partial charge in [0, 0.05) is 12.2 Å². The second-order valence-electron chi connectivity index (χ2n) is 3.51. The Labute approximate surface area is 94.3 Å². The number of likely N-dealkylation sites (tertiary alicyclic amines) is 1. The third-order valence-corrected chi connectivity index (χ3v) is 2.15. The van der Waals surface area contributed by atoms with Crippen LogP contribution >= 0.6 is 0 Å². The third kappa shape index (κ3) is 8.18. The van der Waals surface area contributed by atoms with E-state index in [-0.39, 0.29) is 0 Å². The van der Waals surface area contributed by atoms with Gasteiger partial charge >= 0.3 is 0 Å². The van der Waals surface area contributed by atoms with Gasteiger partial charge in [-0.25, -0.2) is 0 Å². The van der Waals surface area contributed by atoms with Crippen molar-refractivity contribution in [2.24, 2.45) is 4.99 Å². The Morgan fingerprint density at radius 2 is 2.00 bits per heavy atom. The molecule has 1 rings (SSSR count). The Kier molecular flexibility index (Phi) is 9.18. The lowest BCUT2D eigenvalue weighted by Crippen LogP contribution is -2.22. The van der Waals surface area contributed by atoms with Crippen LogP contribution in [0.4, 0.5) is 0 Å². The second-order valence-corrected chi connectivity index (χ2v) is 3.51. The molecule has 0 radical (unpaired) electrons. The van der Waals surface area contributed by atoms with Crippen molar-refractivity contribution < 1.29 is 0 Å². The summed E-state index contributed by atoms with van der Waals surface area (Å²) in [6.07, 6.45) is 4.44. The minimum absolute atomic E-state index is 0.889. The van der Waals surface area contributed by atoms with Crippen LogP contribution in [0.1, 0.15) is 33.6 Å². The van der Waals surface area contributed by atoms with Crippen LogP contribution < -0.4 is 5.32 Å². The number of hydrogen-bond acceptors (Lipinski definition) is 2. The summed E-state index contributed by atoms with van der Waals surface area (Å²) in [7, 11) is 0. The van der Waals surface area contributed by atoms with E-state index in [0.717, 1.165) is 18.8 Å². The monoisotopic (exact) mass is 211 g/mol. The van der Waals surface area contributed by atoms with Crippen molar-refractivity contribution in [1.29, 1.82) is 0 Å². The average Bonchev–Trinajstić information content (AvgIpc) is 2.73. The summed E-state index contributed by atoms with van der Waals surface area (Å²) in [6.45, 7) is 14.1. The molecule has 15 heavy (non-hydrogen) atoms. The third-order valence-electron chi connectivity index (χ3n) is 2.15. The predicted octanol–water partition coefficient (Wildman–Crippen LogP) is 2.26. The molecule has 3 heteroatoms. The molecule has 1 fully saturated rings. The largest absolute Gasteiger partial charge is 0.351 e. The summed E-state index contributed by atoms with van der Waals surface area (Å²) in [6, 6.07) is 0. The minimum atomic E-state index is 0.889. The molecule has 1 N–H and O–H groups in total. The van der Waals surface area contributed by atoms with E-state index in [2.05, 4.69) is 21.8 Å². The fourth-order valence-corrected chi connectivity index (χ4v) is 1.43. The van der Waals surface area contributed by atoms with Gasteiger partial charge in [-0.05, 0) is 32.9 Å². The van der Waals surface area contributed by atoms with Crippen molar-refractivity contribution in [2.45, 2.75) is 33.6 Å². The summed E-state index contributed by atoms with van der Waals surface area (Å²) in [5.41, 5.74) is 0.935. The zero-order valence-corrected chi connectivity index (χ0v) is 10.4. The van der Waals surface area contributed by atoms with Gasteiger partial charge in [0.2, 0.25) is 0 Å². The molecule has 0 amide bonds. The molecule has 0 spiro atoms. The van der Waals surface area contributed by atoms with E-state index in [1.54, 1.807) is 6.34 Å². The Hall–Kier alpha value is -0.830. The van der Waals surface area contributed by atoms with Crippen molar-refractivity contribution in [3.05, 3.63) is 12.3 Å². The van der Waals surface area contributed by atoms with Gasteiger partial charge < -0.3 is 10.2 Å². The van der Waals surface area contributed by atoms with Crippen LogP contribution in [0.15, 0.2) is 17.3 Å². The highest BCUT2D eigenvalue weighted by Crippen LogP contribution is 2.05. The molecule has 1 aliphatic rings. The van der Waals surface area contributed by atoms with Crippen LogP contribution in [0.2, 0.25) is 0 Å². The highest BCUT2D eigenvalue weighted by Gasteiger charge is 2.09. The molecule has 0 aromatic carbocycles. The lowest BCUT2D eigenvalue weighted by Gasteiger charge is -2.11. The summed E-state index contributed by atoms with van der Waals surface area (Å²) in [4.78, 5) is 6.69. The summed E-state index contributed by atoms with van der Waals surface area (Å²) < 4.78 is 0. The number of allylic oxidation sites excluding steroid dienone is 1. The van der Waals surface area contributed by atoms with E-state index < -0.39 is 0 Å². The van der Waals surface area contributed by atoms with Gasteiger partial charge in [-0.1, -0.05) is 20.4 Å². The number of nitrogens with one attached hydrogen (secondary N) is 1. The first-order valence-electron chi connectivity index (χ1n) is 5.92. The molecule has 0 unspecified atom stereocenters. The van der Waals surface area contributed by atoms with Crippen molar-refractivity contribution in [3.63, 3.8) is 0 Å². The van der Waals surface area contributed by atoms with Gasteiger partial charge in [0.05, 0.1) is 12.9 Å². The van der Waals surface area contributed by atoms with E-state index in [0.29, 0.717) is 0 Å². The van der Waals surface area contributed by atoms with Gasteiger partial charge in [-0.3, -0.25) is 4.99 Å². The first-order chi connectivity index (χ1) is 7.29. The molecule has 0 bridgehead atoms. The maximum absolute atomic E-state index is 4.24. The average molecular weight is 211 g/mol. The van der Waals surface area contributed by atoms with E-state index >= 15 is 0 Å². The van der Waals surface area contributed by atoms with Crippen LogP contribution in [0.3, 0.4) is 0 Å². The molecule has 0 atom stereocenters. The topological polar surface area (TPSA) is 27.6 Å². The maximum atomic E-state index is 4.24. The number of hydrogen-bond donors (Lipinski definition) is 1. The first kappa shape index (κ1) is 14.2. The molecule has 88 valence electrons. The normalized spacial score (nSPS) is 16.2. The van der Waals surface area contributed by atoms with Gasteiger partial charge in [0.25, 0.3) is 0 Å². The highest BCUT2D eigenvalue weighted by molar-refractivity contribution is 5.56. The van der Waals surface area contributed by atoms with Crippen LogP contribution in [0, 0.1) is 0 Å². The molecule has 1 saturated heterocycles.